The van der Waals surface area contributed by atoms with Gasteiger partial charge >= 0.3 is 0 Å². The van der Waals surface area contributed by atoms with E-state index in [1.54, 1.807) is 11.3 Å². The highest BCUT2D eigenvalue weighted by Gasteiger charge is 2.15. The van der Waals surface area contributed by atoms with Crippen LogP contribution in [0.4, 0.5) is 0 Å². The van der Waals surface area contributed by atoms with Gasteiger partial charge in [0.1, 0.15) is 5.01 Å². The van der Waals surface area contributed by atoms with E-state index in [0.717, 1.165) is 5.01 Å². The largest absolute Gasteiger partial charge is 0.353 e. The Morgan fingerprint density at radius 1 is 1.59 bits per heavy atom. The van der Waals surface area contributed by atoms with Crippen LogP contribution in [0.5, 0.6) is 0 Å². The van der Waals surface area contributed by atoms with Gasteiger partial charge in [0.05, 0.1) is 6.54 Å². The van der Waals surface area contributed by atoms with Gasteiger partial charge in [-0.05, 0) is 19.8 Å². The number of rotatable bonds is 3. The van der Waals surface area contributed by atoms with Gasteiger partial charge in [0.25, 0.3) is 0 Å². The summed E-state index contributed by atoms with van der Waals surface area (Å²) in [5.74, 6) is 6.13. The summed E-state index contributed by atoms with van der Waals surface area (Å²) in [6.45, 7) is 2.63. The molecule has 0 bridgehead atoms. The fraction of sp³-hybridized carbons (Fsp3) is 0.636. The summed E-state index contributed by atoms with van der Waals surface area (Å²) in [4.78, 5) is 9.88. The van der Waals surface area contributed by atoms with Crippen molar-refractivity contribution in [1.29, 1.82) is 0 Å². The molecule has 17 heavy (non-hydrogen) atoms. The number of nitrogens with two attached hydrogens (primary N) is 1. The third-order valence-electron chi connectivity index (χ3n) is 2.87. The Labute approximate surface area is 106 Å². The minimum absolute atomic E-state index is 0.517. The first kappa shape index (κ1) is 12.3. The molecule has 1 aliphatic rings. The predicted octanol–water partition coefficient (Wildman–Crippen LogP) is 1.30. The third-order valence-corrected chi connectivity index (χ3v) is 3.77. The van der Waals surface area contributed by atoms with Gasteiger partial charge in [-0.15, -0.1) is 11.3 Å². The zero-order valence-electron chi connectivity index (χ0n) is 10.1. The van der Waals surface area contributed by atoms with Gasteiger partial charge in [0.2, 0.25) is 5.96 Å². The second-order valence-corrected chi connectivity index (χ2v) is 5.62. The molecule has 1 aliphatic carbocycles. The van der Waals surface area contributed by atoms with Crippen LogP contribution in [0.25, 0.3) is 0 Å². The Morgan fingerprint density at radius 3 is 2.94 bits per heavy atom. The molecule has 0 saturated heterocycles. The number of hydrazine groups is 1. The SMILES string of the molecule is Cc1cnc(CN=C(NN)NC2CCCC2)s1. The number of hydrogen-bond donors (Lipinski definition) is 3. The summed E-state index contributed by atoms with van der Waals surface area (Å²) in [6, 6.07) is 0.517. The molecule has 0 atom stereocenters. The van der Waals surface area contributed by atoms with Crippen molar-refractivity contribution in [1.82, 2.24) is 15.7 Å². The van der Waals surface area contributed by atoms with Crippen LogP contribution < -0.4 is 16.6 Å². The molecule has 0 aromatic carbocycles. The van der Waals surface area contributed by atoms with Gasteiger partial charge in [0.15, 0.2) is 0 Å². The molecular weight excluding hydrogens is 234 g/mol. The molecular formula is C11H19N5S. The Hall–Kier alpha value is -1.14. The van der Waals surface area contributed by atoms with Gasteiger partial charge < -0.3 is 5.32 Å². The standard InChI is InChI=1S/C11H19N5S/c1-8-6-13-10(17-8)7-14-11(16-12)15-9-4-2-3-5-9/h6,9H,2-5,7,12H2,1H3,(H2,14,15,16). The van der Waals surface area contributed by atoms with Crippen molar-refractivity contribution in [2.75, 3.05) is 0 Å². The smallest absolute Gasteiger partial charge is 0.206 e. The number of guanidine groups is 1. The van der Waals surface area contributed by atoms with E-state index in [2.05, 4.69) is 20.7 Å². The Kier molecular flexibility index (Phi) is 4.33. The monoisotopic (exact) mass is 253 g/mol. The molecule has 5 nitrogen and oxygen atoms in total. The average molecular weight is 253 g/mol. The number of nitrogens with zero attached hydrogens (tertiary/aromatic N) is 2. The van der Waals surface area contributed by atoms with E-state index >= 15 is 0 Å². The minimum Gasteiger partial charge on any atom is -0.353 e. The molecule has 2 rings (SSSR count). The first-order valence-corrected chi connectivity index (χ1v) is 6.78. The van der Waals surface area contributed by atoms with Crippen molar-refractivity contribution in [2.24, 2.45) is 10.8 Å². The zero-order chi connectivity index (χ0) is 12.1. The third kappa shape index (κ3) is 3.67. The van der Waals surface area contributed by atoms with Gasteiger partial charge in [0, 0.05) is 17.1 Å². The quantitative estimate of drug-likeness (QED) is 0.328. The highest BCUT2D eigenvalue weighted by atomic mass is 32.1. The fourth-order valence-electron chi connectivity index (χ4n) is 2.02. The highest BCUT2D eigenvalue weighted by molar-refractivity contribution is 7.11. The molecule has 0 aliphatic heterocycles. The van der Waals surface area contributed by atoms with Crippen LogP contribution in [0.15, 0.2) is 11.2 Å². The van der Waals surface area contributed by atoms with Crippen LogP contribution in [-0.4, -0.2) is 17.0 Å². The normalized spacial score (nSPS) is 17.4. The fourth-order valence-corrected chi connectivity index (χ4v) is 2.73. The van der Waals surface area contributed by atoms with Crippen LogP contribution in [0.2, 0.25) is 0 Å². The van der Waals surface area contributed by atoms with Crippen LogP contribution in [0.1, 0.15) is 35.6 Å². The Morgan fingerprint density at radius 2 is 2.35 bits per heavy atom. The van der Waals surface area contributed by atoms with Crippen molar-refractivity contribution in [2.45, 2.75) is 45.2 Å². The van der Waals surface area contributed by atoms with E-state index in [0.29, 0.717) is 18.5 Å². The maximum Gasteiger partial charge on any atom is 0.206 e. The highest BCUT2D eigenvalue weighted by Crippen LogP contribution is 2.17. The molecule has 0 unspecified atom stereocenters. The molecule has 1 fully saturated rings. The molecule has 4 N–H and O–H groups in total. The first-order chi connectivity index (χ1) is 8.28. The molecule has 94 valence electrons. The topological polar surface area (TPSA) is 75.3 Å². The summed E-state index contributed by atoms with van der Waals surface area (Å²) in [5.41, 5.74) is 2.62. The average Bonchev–Trinajstić information content (AvgIpc) is 2.96. The van der Waals surface area contributed by atoms with Crippen molar-refractivity contribution in [3.05, 3.63) is 16.1 Å². The van der Waals surface area contributed by atoms with Gasteiger partial charge in [-0.1, -0.05) is 12.8 Å². The van der Waals surface area contributed by atoms with Crippen molar-refractivity contribution in [3.63, 3.8) is 0 Å². The molecule has 1 aromatic heterocycles. The van der Waals surface area contributed by atoms with E-state index in [1.165, 1.54) is 30.6 Å². The lowest BCUT2D eigenvalue weighted by Gasteiger charge is -2.14. The number of aliphatic imine (C=N–C) groups is 1. The van der Waals surface area contributed by atoms with Gasteiger partial charge in [-0.25, -0.2) is 15.8 Å². The van der Waals surface area contributed by atoms with E-state index in [-0.39, 0.29) is 0 Å². The van der Waals surface area contributed by atoms with Gasteiger partial charge in [-0.2, -0.15) is 0 Å². The second kappa shape index (κ2) is 5.97. The van der Waals surface area contributed by atoms with Crippen LogP contribution in [-0.2, 0) is 6.54 Å². The molecule has 1 saturated carbocycles. The Balaban J connectivity index is 1.88. The second-order valence-electron chi connectivity index (χ2n) is 4.30. The maximum absolute atomic E-state index is 5.46. The molecule has 0 amide bonds. The van der Waals surface area contributed by atoms with E-state index < -0.39 is 0 Å². The molecule has 1 heterocycles. The number of nitrogens with one attached hydrogen (secondary N) is 2. The van der Waals surface area contributed by atoms with Gasteiger partial charge in [-0.3, -0.25) is 5.43 Å². The molecule has 0 spiro atoms. The summed E-state index contributed by atoms with van der Waals surface area (Å²) in [6.07, 6.45) is 6.87. The minimum atomic E-state index is 0.517. The van der Waals surface area contributed by atoms with E-state index in [4.69, 9.17) is 5.84 Å². The summed E-state index contributed by atoms with van der Waals surface area (Å²) < 4.78 is 0. The van der Waals surface area contributed by atoms with E-state index in [1.807, 2.05) is 13.1 Å². The predicted molar refractivity (Wildman–Crippen MR) is 70.7 cm³/mol. The maximum atomic E-state index is 5.46. The van der Waals surface area contributed by atoms with E-state index in [9.17, 15) is 0 Å². The van der Waals surface area contributed by atoms with Crippen molar-refractivity contribution >= 4 is 17.3 Å². The lowest BCUT2D eigenvalue weighted by Crippen LogP contribution is -2.45. The molecule has 1 aromatic rings. The van der Waals surface area contributed by atoms with Crippen molar-refractivity contribution in [3.8, 4) is 0 Å². The number of aryl methyl sites for hydroxylation is 1. The number of thiazole rings is 1. The number of hydrogen-bond acceptors (Lipinski definition) is 4. The summed E-state index contributed by atoms with van der Waals surface area (Å²) in [5, 5.41) is 4.35. The summed E-state index contributed by atoms with van der Waals surface area (Å²) in [7, 11) is 0. The zero-order valence-corrected chi connectivity index (χ0v) is 10.9. The lowest BCUT2D eigenvalue weighted by atomic mass is 10.2. The summed E-state index contributed by atoms with van der Waals surface area (Å²) >= 11 is 1.67. The van der Waals surface area contributed by atoms with Crippen LogP contribution in [0.3, 0.4) is 0 Å². The number of aromatic nitrogens is 1. The molecule has 0 radical (unpaired) electrons. The van der Waals surface area contributed by atoms with Crippen LogP contribution >= 0.6 is 11.3 Å². The molecule has 6 heteroatoms. The Bertz CT molecular complexity index is 381. The van der Waals surface area contributed by atoms with Crippen molar-refractivity contribution < 1.29 is 0 Å². The van der Waals surface area contributed by atoms with Crippen LogP contribution in [0, 0.1) is 6.92 Å². The lowest BCUT2D eigenvalue weighted by molar-refractivity contribution is 0.614. The first-order valence-electron chi connectivity index (χ1n) is 5.97.